The lowest BCUT2D eigenvalue weighted by Crippen LogP contribution is -2.38. The van der Waals surface area contributed by atoms with Crippen molar-refractivity contribution in [3.05, 3.63) is 0 Å². The van der Waals surface area contributed by atoms with Crippen LogP contribution in [-0.4, -0.2) is 6.04 Å². The Morgan fingerprint density at radius 3 is 2.00 bits per heavy atom. The second-order valence-electron chi connectivity index (χ2n) is 4.42. The van der Waals surface area contributed by atoms with Gasteiger partial charge in [-0.25, -0.2) is 0 Å². The fraction of sp³-hybridized carbons (Fsp3) is 1.00. The molecular formula is C10H22N2. The quantitative estimate of drug-likeness (QED) is 0.587. The maximum absolute atomic E-state index is 6.14. The third kappa shape index (κ3) is 1.50. The Bertz CT molecular complexity index is 139. The number of nitrogens with two attached hydrogens (primary N) is 1. The van der Waals surface area contributed by atoms with Crippen molar-refractivity contribution >= 4 is 0 Å². The molecule has 0 aromatic rings. The molecule has 2 aliphatic rings. The largest absolute Gasteiger partial charge is 0.344 e. The van der Waals surface area contributed by atoms with Gasteiger partial charge in [0.2, 0.25) is 0 Å². The van der Waals surface area contributed by atoms with E-state index in [1.54, 1.807) is 0 Å². The molecule has 0 aromatic heterocycles. The zero-order valence-corrected chi connectivity index (χ0v) is 8.02. The molecule has 0 radical (unpaired) electrons. The van der Waals surface area contributed by atoms with Crippen LogP contribution in [0.3, 0.4) is 0 Å². The Labute approximate surface area is 75.5 Å². The van der Waals surface area contributed by atoms with Gasteiger partial charge in [0.05, 0.1) is 0 Å². The third-order valence-electron chi connectivity index (χ3n) is 3.83. The first-order chi connectivity index (χ1) is 5.33. The average Bonchev–Trinajstić information content (AvgIpc) is 2.36. The number of rotatable bonds is 0. The van der Waals surface area contributed by atoms with Crippen LogP contribution in [0.25, 0.3) is 0 Å². The van der Waals surface area contributed by atoms with Crippen molar-refractivity contribution in [2.75, 3.05) is 0 Å². The van der Waals surface area contributed by atoms with Gasteiger partial charge in [0.25, 0.3) is 0 Å². The first-order valence-electron chi connectivity index (χ1n) is 5.09. The molecule has 72 valence electrons. The van der Waals surface area contributed by atoms with Crippen LogP contribution >= 0.6 is 0 Å². The van der Waals surface area contributed by atoms with E-state index in [1.165, 1.54) is 51.4 Å². The Balaban J connectivity index is 0.000000720. The zero-order chi connectivity index (χ0) is 7.73. The predicted octanol–water partition coefficient (Wildman–Crippen LogP) is 2.61. The molecule has 1 atom stereocenters. The first kappa shape index (κ1) is 10.0. The summed E-state index contributed by atoms with van der Waals surface area (Å²) >= 11 is 0. The van der Waals surface area contributed by atoms with E-state index in [-0.39, 0.29) is 6.15 Å². The second kappa shape index (κ2) is 3.75. The summed E-state index contributed by atoms with van der Waals surface area (Å²) in [5, 5.41) is 0. The van der Waals surface area contributed by atoms with Gasteiger partial charge in [-0.15, -0.1) is 0 Å². The van der Waals surface area contributed by atoms with Crippen molar-refractivity contribution in [3.63, 3.8) is 0 Å². The topological polar surface area (TPSA) is 61.0 Å². The monoisotopic (exact) mass is 170 g/mol. The predicted molar refractivity (Wildman–Crippen MR) is 52.4 cm³/mol. The standard InChI is InChI=1S/C10H19N.H3N/c11-9-5-4-8-10(9)6-2-1-3-7-10;/h9H,1-8,11H2;1H3. The number of hydrogen-bond donors (Lipinski definition) is 2. The SMILES string of the molecule is N.NC1CCCC12CCCCC2. The highest BCUT2D eigenvalue weighted by atomic mass is 14.7. The van der Waals surface area contributed by atoms with Gasteiger partial charge in [0.1, 0.15) is 0 Å². The molecule has 0 bridgehead atoms. The fourth-order valence-corrected chi connectivity index (χ4v) is 3.04. The van der Waals surface area contributed by atoms with Crippen molar-refractivity contribution in [1.29, 1.82) is 0 Å². The molecule has 0 saturated heterocycles. The molecule has 2 nitrogen and oxygen atoms in total. The van der Waals surface area contributed by atoms with Crippen molar-refractivity contribution in [2.45, 2.75) is 57.4 Å². The lowest BCUT2D eigenvalue weighted by Gasteiger charge is -2.37. The molecule has 1 spiro atoms. The van der Waals surface area contributed by atoms with Gasteiger partial charge in [0, 0.05) is 6.04 Å². The molecule has 2 fully saturated rings. The summed E-state index contributed by atoms with van der Waals surface area (Å²) in [5.41, 5.74) is 6.75. The minimum atomic E-state index is 0. The lowest BCUT2D eigenvalue weighted by molar-refractivity contribution is 0.172. The molecule has 5 N–H and O–H groups in total. The molecule has 0 heterocycles. The van der Waals surface area contributed by atoms with Gasteiger partial charge in [-0.1, -0.05) is 25.7 Å². The minimum absolute atomic E-state index is 0. The maximum Gasteiger partial charge on any atom is 0.00955 e. The van der Waals surface area contributed by atoms with E-state index in [9.17, 15) is 0 Å². The zero-order valence-electron chi connectivity index (χ0n) is 8.02. The van der Waals surface area contributed by atoms with E-state index in [1.807, 2.05) is 0 Å². The van der Waals surface area contributed by atoms with Crippen molar-refractivity contribution in [3.8, 4) is 0 Å². The highest BCUT2D eigenvalue weighted by molar-refractivity contribution is 4.95. The first-order valence-corrected chi connectivity index (χ1v) is 5.09. The molecule has 2 rings (SSSR count). The normalized spacial score (nSPS) is 33.2. The van der Waals surface area contributed by atoms with Crippen LogP contribution in [0.1, 0.15) is 51.4 Å². The Hall–Kier alpha value is -0.0800. The summed E-state index contributed by atoms with van der Waals surface area (Å²) in [6.45, 7) is 0. The molecule has 0 aromatic carbocycles. The van der Waals surface area contributed by atoms with Gasteiger partial charge in [0.15, 0.2) is 0 Å². The number of hydrogen-bond acceptors (Lipinski definition) is 2. The van der Waals surface area contributed by atoms with Crippen LogP contribution in [0.2, 0.25) is 0 Å². The van der Waals surface area contributed by atoms with E-state index in [0.717, 1.165) is 0 Å². The minimum Gasteiger partial charge on any atom is -0.344 e. The van der Waals surface area contributed by atoms with Gasteiger partial charge in [-0.2, -0.15) is 0 Å². The highest BCUT2D eigenvalue weighted by Crippen LogP contribution is 2.47. The van der Waals surface area contributed by atoms with Gasteiger partial charge < -0.3 is 11.9 Å². The molecule has 2 heteroatoms. The lowest BCUT2D eigenvalue weighted by atomic mass is 9.71. The average molecular weight is 170 g/mol. The molecule has 2 saturated carbocycles. The molecule has 12 heavy (non-hydrogen) atoms. The summed E-state index contributed by atoms with van der Waals surface area (Å²) < 4.78 is 0. The van der Waals surface area contributed by atoms with Crippen molar-refractivity contribution in [1.82, 2.24) is 6.15 Å². The van der Waals surface area contributed by atoms with Crippen LogP contribution in [0.15, 0.2) is 0 Å². The summed E-state index contributed by atoms with van der Waals surface area (Å²) in [6.07, 6.45) is 11.3. The van der Waals surface area contributed by atoms with Gasteiger partial charge in [-0.3, -0.25) is 0 Å². The molecular weight excluding hydrogens is 148 g/mol. The van der Waals surface area contributed by atoms with Crippen LogP contribution in [-0.2, 0) is 0 Å². The molecule has 2 aliphatic carbocycles. The van der Waals surface area contributed by atoms with E-state index in [4.69, 9.17) is 5.73 Å². The van der Waals surface area contributed by atoms with E-state index >= 15 is 0 Å². The summed E-state index contributed by atoms with van der Waals surface area (Å²) in [7, 11) is 0. The Morgan fingerprint density at radius 2 is 1.50 bits per heavy atom. The smallest absolute Gasteiger partial charge is 0.00955 e. The molecule has 0 amide bonds. The van der Waals surface area contributed by atoms with E-state index in [2.05, 4.69) is 0 Å². The van der Waals surface area contributed by atoms with Crippen molar-refractivity contribution < 1.29 is 0 Å². The fourth-order valence-electron chi connectivity index (χ4n) is 3.04. The van der Waals surface area contributed by atoms with Crippen molar-refractivity contribution in [2.24, 2.45) is 11.1 Å². The van der Waals surface area contributed by atoms with Gasteiger partial charge >= 0.3 is 0 Å². The molecule has 1 unspecified atom stereocenters. The van der Waals surface area contributed by atoms with Crippen LogP contribution in [0.5, 0.6) is 0 Å². The van der Waals surface area contributed by atoms with Crippen LogP contribution in [0.4, 0.5) is 0 Å². The Morgan fingerprint density at radius 1 is 0.917 bits per heavy atom. The van der Waals surface area contributed by atoms with Crippen LogP contribution < -0.4 is 11.9 Å². The highest BCUT2D eigenvalue weighted by Gasteiger charge is 2.40. The second-order valence-corrected chi connectivity index (χ2v) is 4.42. The summed E-state index contributed by atoms with van der Waals surface area (Å²) in [5.74, 6) is 0. The summed E-state index contributed by atoms with van der Waals surface area (Å²) in [6, 6.07) is 0.544. The molecule has 0 aliphatic heterocycles. The Kier molecular flexibility index (Phi) is 3.13. The van der Waals surface area contributed by atoms with E-state index < -0.39 is 0 Å². The maximum atomic E-state index is 6.14. The van der Waals surface area contributed by atoms with Gasteiger partial charge in [-0.05, 0) is 31.1 Å². The van der Waals surface area contributed by atoms with Crippen LogP contribution in [0, 0.1) is 5.41 Å². The third-order valence-corrected chi connectivity index (χ3v) is 3.83. The summed E-state index contributed by atoms with van der Waals surface area (Å²) in [4.78, 5) is 0. The van der Waals surface area contributed by atoms with E-state index in [0.29, 0.717) is 11.5 Å².